The van der Waals surface area contributed by atoms with E-state index in [1.54, 1.807) is 0 Å². The molecule has 0 spiro atoms. The van der Waals surface area contributed by atoms with E-state index in [1.807, 2.05) is 48.1 Å². The van der Waals surface area contributed by atoms with Gasteiger partial charge in [-0.15, -0.1) is 21.5 Å². The fourth-order valence-corrected chi connectivity index (χ4v) is 4.73. The van der Waals surface area contributed by atoms with E-state index >= 15 is 0 Å². The lowest BCUT2D eigenvalue weighted by atomic mass is 10.0. The van der Waals surface area contributed by atoms with Gasteiger partial charge in [0.05, 0.1) is 12.9 Å². The lowest BCUT2D eigenvalue weighted by molar-refractivity contribution is -0.113. The quantitative estimate of drug-likeness (QED) is 0.405. The second-order valence-corrected chi connectivity index (χ2v) is 8.55. The molecule has 158 valence electrons. The molecule has 0 aliphatic rings. The van der Waals surface area contributed by atoms with Crippen molar-refractivity contribution >= 4 is 40.0 Å². The molecule has 0 bridgehead atoms. The van der Waals surface area contributed by atoms with E-state index in [0.29, 0.717) is 15.7 Å². The summed E-state index contributed by atoms with van der Waals surface area (Å²) >= 11 is 2.63. The number of carbonyl (C=O) groups excluding carboxylic acids is 2. The first kappa shape index (κ1) is 22.0. The number of aromatic nitrogens is 3. The predicted molar refractivity (Wildman–Crippen MR) is 120 cm³/mol. The zero-order chi connectivity index (χ0) is 21.7. The standard InChI is InChI=1S/C21H24N4O3S2/c1-5-10-25-14(3)23-24-21(25)30-12-17(26)22-19-18(20(27)28-4)16(11-29-19)15-8-6-13(2)7-9-15/h6-9,11H,5,10,12H2,1-4H3,(H,22,26). The number of ether oxygens (including phenoxy) is 1. The second kappa shape index (κ2) is 9.90. The number of hydrogen-bond donors (Lipinski definition) is 1. The Labute approximate surface area is 183 Å². The molecule has 2 heterocycles. The highest BCUT2D eigenvalue weighted by atomic mass is 32.2. The Kier molecular flexibility index (Phi) is 7.28. The molecule has 7 nitrogen and oxygen atoms in total. The average Bonchev–Trinajstić information content (AvgIpc) is 3.30. The summed E-state index contributed by atoms with van der Waals surface area (Å²) in [5.41, 5.74) is 3.14. The highest BCUT2D eigenvalue weighted by Crippen LogP contribution is 2.36. The summed E-state index contributed by atoms with van der Waals surface area (Å²) in [6, 6.07) is 7.87. The molecule has 0 saturated carbocycles. The van der Waals surface area contributed by atoms with Crippen LogP contribution in [0, 0.1) is 13.8 Å². The number of nitrogens with one attached hydrogen (secondary N) is 1. The fourth-order valence-electron chi connectivity index (χ4n) is 2.94. The van der Waals surface area contributed by atoms with Gasteiger partial charge in [0.2, 0.25) is 5.91 Å². The van der Waals surface area contributed by atoms with Crippen LogP contribution in [0.4, 0.5) is 5.00 Å². The second-order valence-electron chi connectivity index (χ2n) is 6.73. The van der Waals surface area contributed by atoms with Crippen molar-refractivity contribution in [1.29, 1.82) is 0 Å². The van der Waals surface area contributed by atoms with Crippen molar-refractivity contribution in [3.63, 3.8) is 0 Å². The molecule has 0 aliphatic carbocycles. The number of anilines is 1. The molecule has 3 aromatic rings. The molecule has 1 aromatic carbocycles. The maximum Gasteiger partial charge on any atom is 0.341 e. The van der Waals surface area contributed by atoms with E-state index in [4.69, 9.17) is 4.74 Å². The number of aryl methyl sites for hydroxylation is 2. The van der Waals surface area contributed by atoms with Crippen LogP contribution in [0.15, 0.2) is 34.8 Å². The summed E-state index contributed by atoms with van der Waals surface area (Å²) in [5.74, 6) is 0.299. The Morgan fingerprint density at radius 1 is 1.20 bits per heavy atom. The zero-order valence-electron chi connectivity index (χ0n) is 17.4. The van der Waals surface area contributed by atoms with E-state index in [2.05, 4.69) is 22.4 Å². The van der Waals surface area contributed by atoms with Crippen LogP contribution in [0.25, 0.3) is 11.1 Å². The van der Waals surface area contributed by atoms with E-state index in [0.717, 1.165) is 35.5 Å². The fraction of sp³-hybridized carbons (Fsp3) is 0.333. The van der Waals surface area contributed by atoms with Crippen LogP contribution in [0.5, 0.6) is 0 Å². The van der Waals surface area contributed by atoms with E-state index < -0.39 is 5.97 Å². The summed E-state index contributed by atoms with van der Waals surface area (Å²) in [7, 11) is 1.34. The van der Waals surface area contributed by atoms with Crippen molar-refractivity contribution in [2.75, 3.05) is 18.2 Å². The maximum atomic E-state index is 12.6. The minimum atomic E-state index is -0.479. The van der Waals surface area contributed by atoms with Crippen molar-refractivity contribution in [1.82, 2.24) is 14.8 Å². The highest BCUT2D eigenvalue weighted by molar-refractivity contribution is 7.99. The number of thiophene rings is 1. The maximum absolute atomic E-state index is 12.6. The summed E-state index contributed by atoms with van der Waals surface area (Å²) in [5, 5.41) is 14.1. The van der Waals surface area contributed by atoms with Crippen LogP contribution in [0.3, 0.4) is 0 Å². The van der Waals surface area contributed by atoms with Gasteiger partial charge in [-0.2, -0.15) is 0 Å². The van der Waals surface area contributed by atoms with Crippen molar-refractivity contribution < 1.29 is 14.3 Å². The third-order valence-corrected chi connectivity index (χ3v) is 6.34. The lowest BCUT2D eigenvalue weighted by Gasteiger charge is -2.09. The van der Waals surface area contributed by atoms with Crippen LogP contribution in [-0.2, 0) is 16.1 Å². The average molecular weight is 445 g/mol. The van der Waals surface area contributed by atoms with E-state index in [1.165, 1.54) is 30.2 Å². The predicted octanol–water partition coefficient (Wildman–Crippen LogP) is 4.55. The Morgan fingerprint density at radius 2 is 1.93 bits per heavy atom. The number of carbonyl (C=O) groups is 2. The summed E-state index contributed by atoms with van der Waals surface area (Å²) in [6.45, 7) is 6.79. The lowest BCUT2D eigenvalue weighted by Crippen LogP contribution is -2.16. The van der Waals surface area contributed by atoms with Gasteiger partial charge in [0, 0.05) is 17.5 Å². The largest absolute Gasteiger partial charge is 0.465 e. The van der Waals surface area contributed by atoms with Crippen LogP contribution in [-0.4, -0.2) is 39.5 Å². The van der Waals surface area contributed by atoms with Gasteiger partial charge < -0.3 is 14.6 Å². The highest BCUT2D eigenvalue weighted by Gasteiger charge is 2.22. The third kappa shape index (κ3) is 4.91. The molecule has 0 atom stereocenters. The van der Waals surface area contributed by atoms with Crippen LogP contribution >= 0.6 is 23.1 Å². The molecular weight excluding hydrogens is 420 g/mol. The molecule has 1 N–H and O–H groups in total. The Balaban J connectivity index is 1.77. The van der Waals surface area contributed by atoms with Crippen LogP contribution < -0.4 is 5.32 Å². The molecule has 9 heteroatoms. The van der Waals surface area contributed by atoms with Gasteiger partial charge in [0.25, 0.3) is 0 Å². The molecule has 3 rings (SSSR count). The number of esters is 1. The zero-order valence-corrected chi connectivity index (χ0v) is 19.0. The summed E-state index contributed by atoms with van der Waals surface area (Å²) in [6.07, 6.45) is 0.956. The Hall–Kier alpha value is -2.65. The SMILES string of the molecule is CCCn1c(C)nnc1SCC(=O)Nc1scc(-c2ccc(C)cc2)c1C(=O)OC. The summed E-state index contributed by atoms with van der Waals surface area (Å²) in [4.78, 5) is 25.0. The Morgan fingerprint density at radius 3 is 2.60 bits per heavy atom. The molecule has 1 amide bonds. The van der Waals surface area contributed by atoms with Gasteiger partial charge in [-0.3, -0.25) is 4.79 Å². The molecule has 0 saturated heterocycles. The molecule has 0 radical (unpaired) electrons. The van der Waals surface area contributed by atoms with Gasteiger partial charge in [-0.05, 0) is 25.8 Å². The molecule has 2 aromatic heterocycles. The first-order valence-electron chi connectivity index (χ1n) is 9.53. The molecular formula is C21H24N4O3S2. The number of thioether (sulfide) groups is 1. The minimum Gasteiger partial charge on any atom is -0.465 e. The van der Waals surface area contributed by atoms with Crippen molar-refractivity contribution in [2.45, 2.75) is 38.9 Å². The normalized spacial score (nSPS) is 10.8. The molecule has 0 unspecified atom stereocenters. The van der Waals surface area contributed by atoms with Crippen molar-refractivity contribution in [3.05, 3.63) is 46.6 Å². The van der Waals surface area contributed by atoms with Gasteiger partial charge in [0.1, 0.15) is 16.4 Å². The molecule has 30 heavy (non-hydrogen) atoms. The monoisotopic (exact) mass is 444 g/mol. The minimum absolute atomic E-state index is 0.167. The number of benzene rings is 1. The van der Waals surface area contributed by atoms with Gasteiger partial charge in [0.15, 0.2) is 5.16 Å². The van der Waals surface area contributed by atoms with Gasteiger partial charge in [-0.25, -0.2) is 4.79 Å². The number of hydrogen-bond acceptors (Lipinski definition) is 7. The number of amides is 1. The first-order chi connectivity index (χ1) is 14.4. The van der Waals surface area contributed by atoms with Crippen molar-refractivity contribution in [3.8, 4) is 11.1 Å². The van der Waals surface area contributed by atoms with Gasteiger partial charge >= 0.3 is 5.97 Å². The number of nitrogens with zero attached hydrogens (tertiary/aromatic N) is 3. The molecule has 0 aliphatic heterocycles. The number of methoxy groups -OCH3 is 1. The van der Waals surface area contributed by atoms with E-state index in [-0.39, 0.29) is 11.7 Å². The Bertz CT molecular complexity index is 1040. The number of rotatable bonds is 8. The van der Waals surface area contributed by atoms with Crippen LogP contribution in [0.2, 0.25) is 0 Å². The van der Waals surface area contributed by atoms with Gasteiger partial charge in [-0.1, -0.05) is 48.5 Å². The van der Waals surface area contributed by atoms with E-state index in [9.17, 15) is 9.59 Å². The third-order valence-electron chi connectivity index (χ3n) is 4.48. The summed E-state index contributed by atoms with van der Waals surface area (Å²) < 4.78 is 6.97. The first-order valence-corrected chi connectivity index (χ1v) is 11.4. The topological polar surface area (TPSA) is 86.1 Å². The molecule has 0 fully saturated rings. The van der Waals surface area contributed by atoms with Crippen molar-refractivity contribution in [2.24, 2.45) is 0 Å². The van der Waals surface area contributed by atoms with Crippen LogP contribution in [0.1, 0.15) is 35.1 Å². The smallest absolute Gasteiger partial charge is 0.341 e.